The van der Waals surface area contributed by atoms with Crippen LogP contribution in [0.25, 0.3) is 0 Å². The molecule has 5 nitrogen and oxygen atoms in total. The third kappa shape index (κ3) is 5.35. The topological polar surface area (TPSA) is 63.2 Å². The monoisotopic (exact) mass is 327 g/mol. The van der Waals surface area contributed by atoms with E-state index in [9.17, 15) is 4.79 Å². The number of rotatable bonds is 8. The molecule has 0 saturated carbocycles. The molecular formula is C19H25N3O2. The maximum absolute atomic E-state index is 12.1. The molecule has 2 rings (SSSR count). The molecule has 1 aromatic heterocycles. The molecule has 1 heterocycles. The quantitative estimate of drug-likeness (QED) is 0.782. The predicted octanol–water partition coefficient (Wildman–Crippen LogP) is 2.69. The van der Waals surface area contributed by atoms with Crippen LogP contribution in [0, 0.1) is 5.92 Å². The Labute approximate surface area is 143 Å². The number of carbonyl (C=O) groups is 1. The summed E-state index contributed by atoms with van der Waals surface area (Å²) < 4.78 is 5.79. The molecule has 2 aromatic rings. The Morgan fingerprint density at radius 1 is 1.21 bits per heavy atom. The Bertz CT molecular complexity index is 646. The summed E-state index contributed by atoms with van der Waals surface area (Å²) in [5.74, 6) is 0.736. The van der Waals surface area contributed by atoms with Gasteiger partial charge in [0.05, 0.1) is 11.7 Å². The second-order valence-electron chi connectivity index (χ2n) is 5.87. The number of carbonyl (C=O) groups excluding carboxylic acids is 1. The highest BCUT2D eigenvalue weighted by atomic mass is 16.5. The average molecular weight is 327 g/mol. The van der Waals surface area contributed by atoms with Gasteiger partial charge in [-0.2, -0.15) is 0 Å². The van der Waals surface area contributed by atoms with Gasteiger partial charge in [-0.15, -0.1) is 0 Å². The molecule has 1 amide bonds. The highest BCUT2D eigenvalue weighted by Crippen LogP contribution is 2.20. The maximum Gasteiger partial charge on any atom is 0.224 e. The first-order valence-electron chi connectivity index (χ1n) is 8.17. The molecular weight excluding hydrogens is 302 g/mol. The summed E-state index contributed by atoms with van der Waals surface area (Å²) in [5.41, 5.74) is 1.89. The van der Waals surface area contributed by atoms with E-state index in [0.717, 1.165) is 17.0 Å². The fourth-order valence-corrected chi connectivity index (χ4v) is 2.35. The lowest BCUT2D eigenvalue weighted by molar-refractivity contribution is -0.125. The lowest BCUT2D eigenvalue weighted by Crippen LogP contribution is -2.35. The first kappa shape index (κ1) is 17.9. The molecule has 5 heteroatoms. The first-order chi connectivity index (χ1) is 11.6. The number of hydrogen-bond donors (Lipinski definition) is 2. The molecule has 0 spiro atoms. The van der Waals surface area contributed by atoms with Crippen molar-refractivity contribution in [1.29, 1.82) is 0 Å². The van der Waals surface area contributed by atoms with Gasteiger partial charge in [0.1, 0.15) is 12.4 Å². The normalized spacial score (nSPS) is 13.1. The Hall–Kier alpha value is -2.40. The summed E-state index contributed by atoms with van der Waals surface area (Å²) in [5, 5.41) is 6.05. The van der Waals surface area contributed by atoms with Crippen LogP contribution < -0.4 is 15.4 Å². The molecule has 0 bridgehead atoms. The number of amides is 1. The van der Waals surface area contributed by atoms with Gasteiger partial charge in [0.25, 0.3) is 0 Å². The molecule has 0 aliphatic heterocycles. The van der Waals surface area contributed by atoms with Crippen LogP contribution in [0.5, 0.6) is 5.75 Å². The Kier molecular flexibility index (Phi) is 6.75. The van der Waals surface area contributed by atoms with Gasteiger partial charge < -0.3 is 15.4 Å². The van der Waals surface area contributed by atoms with Crippen LogP contribution in [-0.2, 0) is 11.4 Å². The van der Waals surface area contributed by atoms with Crippen molar-refractivity contribution >= 4 is 5.91 Å². The van der Waals surface area contributed by atoms with Crippen LogP contribution in [0.15, 0.2) is 48.7 Å². The van der Waals surface area contributed by atoms with E-state index in [1.165, 1.54) is 0 Å². The molecule has 0 aliphatic rings. The second kappa shape index (κ2) is 9.03. The van der Waals surface area contributed by atoms with Crippen LogP contribution in [-0.4, -0.2) is 24.5 Å². The number of benzene rings is 1. The minimum Gasteiger partial charge on any atom is -0.487 e. The Morgan fingerprint density at radius 2 is 2.04 bits per heavy atom. The van der Waals surface area contributed by atoms with Crippen molar-refractivity contribution in [3.8, 4) is 5.75 Å². The van der Waals surface area contributed by atoms with Gasteiger partial charge in [-0.05, 0) is 43.8 Å². The number of pyridine rings is 1. The zero-order chi connectivity index (χ0) is 17.4. The van der Waals surface area contributed by atoms with Crippen molar-refractivity contribution in [2.45, 2.75) is 26.5 Å². The highest BCUT2D eigenvalue weighted by Gasteiger charge is 2.15. The minimum absolute atomic E-state index is 0.0386. The number of nitrogens with zero attached hydrogens (tertiary/aromatic N) is 1. The highest BCUT2D eigenvalue weighted by molar-refractivity contribution is 5.78. The first-order valence-corrected chi connectivity index (χ1v) is 8.17. The lowest BCUT2D eigenvalue weighted by Gasteiger charge is -2.18. The second-order valence-corrected chi connectivity index (χ2v) is 5.87. The lowest BCUT2D eigenvalue weighted by atomic mass is 10.1. The summed E-state index contributed by atoms with van der Waals surface area (Å²) >= 11 is 0. The predicted molar refractivity (Wildman–Crippen MR) is 94.7 cm³/mol. The van der Waals surface area contributed by atoms with E-state index in [-0.39, 0.29) is 17.9 Å². The van der Waals surface area contributed by atoms with E-state index in [1.807, 2.05) is 63.4 Å². The SMILES string of the molecule is CNCC(C)C(=O)NC(C)c1cccc(OCc2ccccn2)c1. The van der Waals surface area contributed by atoms with Gasteiger partial charge in [-0.1, -0.05) is 25.1 Å². The summed E-state index contributed by atoms with van der Waals surface area (Å²) in [6.45, 7) is 4.96. The van der Waals surface area contributed by atoms with Crippen molar-refractivity contribution in [1.82, 2.24) is 15.6 Å². The van der Waals surface area contributed by atoms with Crippen LogP contribution in [0.1, 0.15) is 31.1 Å². The third-order valence-electron chi connectivity index (χ3n) is 3.79. The fourth-order valence-electron chi connectivity index (χ4n) is 2.35. The average Bonchev–Trinajstić information content (AvgIpc) is 2.61. The van der Waals surface area contributed by atoms with Crippen LogP contribution in [0.2, 0.25) is 0 Å². The van der Waals surface area contributed by atoms with Crippen molar-refractivity contribution in [2.75, 3.05) is 13.6 Å². The summed E-state index contributed by atoms with van der Waals surface area (Å²) in [6.07, 6.45) is 1.75. The number of aromatic nitrogens is 1. The van der Waals surface area contributed by atoms with E-state index in [1.54, 1.807) is 6.20 Å². The van der Waals surface area contributed by atoms with Crippen LogP contribution in [0.3, 0.4) is 0 Å². The van der Waals surface area contributed by atoms with Gasteiger partial charge in [-0.3, -0.25) is 9.78 Å². The van der Waals surface area contributed by atoms with Gasteiger partial charge in [0, 0.05) is 18.7 Å². The van der Waals surface area contributed by atoms with Gasteiger partial charge >= 0.3 is 0 Å². The number of hydrogen-bond acceptors (Lipinski definition) is 4. The standard InChI is InChI=1S/C19H25N3O2/c1-14(12-20-3)19(23)22-15(2)16-7-6-9-18(11-16)24-13-17-8-4-5-10-21-17/h4-11,14-15,20H,12-13H2,1-3H3,(H,22,23). The molecule has 128 valence electrons. The van der Waals surface area contributed by atoms with E-state index in [4.69, 9.17) is 4.74 Å². The molecule has 2 atom stereocenters. The molecule has 0 fully saturated rings. The van der Waals surface area contributed by atoms with Crippen molar-refractivity contribution in [3.05, 3.63) is 59.9 Å². The zero-order valence-corrected chi connectivity index (χ0v) is 14.5. The third-order valence-corrected chi connectivity index (χ3v) is 3.79. The molecule has 0 saturated heterocycles. The molecule has 0 radical (unpaired) electrons. The minimum atomic E-state index is -0.0739. The van der Waals surface area contributed by atoms with E-state index >= 15 is 0 Å². The summed E-state index contributed by atoms with van der Waals surface area (Å²) in [6, 6.07) is 13.5. The van der Waals surface area contributed by atoms with Crippen LogP contribution >= 0.6 is 0 Å². The summed E-state index contributed by atoms with van der Waals surface area (Å²) in [4.78, 5) is 16.4. The molecule has 24 heavy (non-hydrogen) atoms. The smallest absolute Gasteiger partial charge is 0.224 e. The number of nitrogens with one attached hydrogen (secondary N) is 2. The molecule has 1 aromatic carbocycles. The Balaban J connectivity index is 1.95. The van der Waals surface area contributed by atoms with E-state index < -0.39 is 0 Å². The van der Waals surface area contributed by atoms with Crippen LogP contribution in [0.4, 0.5) is 0 Å². The van der Waals surface area contributed by atoms with E-state index in [2.05, 4.69) is 15.6 Å². The Morgan fingerprint density at radius 3 is 2.75 bits per heavy atom. The largest absolute Gasteiger partial charge is 0.487 e. The van der Waals surface area contributed by atoms with E-state index in [0.29, 0.717) is 13.2 Å². The summed E-state index contributed by atoms with van der Waals surface area (Å²) in [7, 11) is 1.84. The van der Waals surface area contributed by atoms with Crippen molar-refractivity contribution in [3.63, 3.8) is 0 Å². The molecule has 2 unspecified atom stereocenters. The molecule has 0 aliphatic carbocycles. The molecule has 2 N–H and O–H groups in total. The van der Waals surface area contributed by atoms with Gasteiger partial charge in [0.15, 0.2) is 0 Å². The van der Waals surface area contributed by atoms with Gasteiger partial charge in [-0.25, -0.2) is 0 Å². The maximum atomic E-state index is 12.1. The zero-order valence-electron chi connectivity index (χ0n) is 14.5. The van der Waals surface area contributed by atoms with Gasteiger partial charge in [0.2, 0.25) is 5.91 Å². The fraction of sp³-hybridized carbons (Fsp3) is 0.368. The number of ether oxygens (including phenoxy) is 1. The van der Waals surface area contributed by atoms with Crippen molar-refractivity contribution in [2.24, 2.45) is 5.92 Å². The van der Waals surface area contributed by atoms with Crippen molar-refractivity contribution < 1.29 is 9.53 Å².